The van der Waals surface area contributed by atoms with Crippen LogP contribution in [-0.4, -0.2) is 43.5 Å². The van der Waals surface area contributed by atoms with E-state index in [-0.39, 0.29) is 12.2 Å². The molecule has 1 fully saturated rings. The van der Waals surface area contributed by atoms with Gasteiger partial charge in [0.25, 0.3) is 0 Å². The van der Waals surface area contributed by atoms with Gasteiger partial charge in [-0.2, -0.15) is 0 Å². The third kappa shape index (κ3) is 4.65. The first-order chi connectivity index (χ1) is 9.35. The second-order valence-electron chi connectivity index (χ2n) is 5.04. The van der Waals surface area contributed by atoms with E-state index < -0.39 is 31.3 Å². The van der Waals surface area contributed by atoms with Gasteiger partial charge in [-0.1, -0.05) is 6.08 Å². The highest BCUT2D eigenvalue weighted by atomic mass is 16.7. The van der Waals surface area contributed by atoms with Gasteiger partial charge in [0, 0.05) is 6.32 Å². The van der Waals surface area contributed by atoms with Gasteiger partial charge in [-0.05, 0) is 27.7 Å². The maximum Gasteiger partial charge on any atom is 0.462 e. The summed E-state index contributed by atoms with van der Waals surface area (Å²) in [6.45, 7) is 10.4. The van der Waals surface area contributed by atoms with Crippen LogP contribution in [0.1, 0.15) is 27.7 Å². The predicted molar refractivity (Wildman–Crippen MR) is 73.0 cm³/mol. The van der Waals surface area contributed by atoms with E-state index in [1.807, 2.05) is 0 Å². The molecule has 0 saturated carbocycles. The molecule has 20 heavy (non-hydrogen) atoms. The fourth-order valence-electron chi connectivity index (χ4n) is 1.71. The average molecular weight is 284 g/mol. The largest absolute Gasteiger partial charge is 0.462 e. The fourth-order valence-corrected chi connectivity index (χ4v) is 1.71. The van der Waals surface area contributed by atoms with E-state index in [4.69, 9.17) is 18.8 Å². The van der Waals surface area contributed by atoms with Crippen molar-refractivity contribution >= 4 is 19.1 Å². The van der Waals surface area contributed by atoms with Crippen LogP contribution in [0.3, 0.4) is 0 Å². The van der Waals surface area contributed by atoms with Crippen LogP contribution in [0.2, 0.25) is 6.32 Å². The molecule has 0 radical (unpaired) electrons. The quantitative estimate of drug-likeness (QED) is 0.416. The highest BCUT2D eigenvalue weighted by molar-refractivity contribution is 6.46. The van der Waals surface area contributed by atoms with Crippen molar-refractivity contribution < 1.29 is 28.4 Å². The highest BCUT2D eigenvalue weighted by Gasteiger charge is 2.48. The summed E-state index contributed by atoms with van der Waals surface area (Å²) < 4.78 is 21.0. The first-order valence-corrected chi connectivity index (χ1v) is 6.68. The Morgan fingerprint density at radius 1 is 1.10 bits per heavy atom. The number of hydrogen-bond donors (Lipinski definition) is 0. The third-order valence-corrected chi connectivity index (χ3v) is 2.40. The van der Waals surface area contributed by atoms with Crippen molar-refractivity contribution in [2.24, 2.45) is 0 Å². The van der Waals surface area contributed by atoms with Crippen LogP contribution in [0.25, 0.3) is 0 Å². The molecule has 0 aliphatic carbocycles. The van der Waals surface area contributed by atoms with Gasteiger partial charge in [0.2, 0.25) is 0 Å². The molecule has 0 spiro atoms. The van der Waals surface area contributed by atoms with Gasteiger partial charge in [-0.25, -0.2) is 9.59 Å². The fraction of sp³-hybridized carbons (Fsp3) is 0.692. The molecule has 0 bridgehead atoms. The molecule has 0 aromatic carbocycles. The maximum atomic E-state index is 11.9. The van der Waals surface area contributed by atoms with Gasteiger partial charge in [-0.15, -0.1) is 6.58 Å². The monoisotopic (exact) mass is 284 g/mol. The SMILES string of the molecule is C=CCB1O[C@@H](C(=O)OC(C)C)[C@H](C(=O)OC(C)C)O1. The summed E-state index contributed by atoms with van der Waals surface area (Å²) in [6.07, 6.45) is -0.845. The van der Waals surface area contributed by atoms with Crippen molar-refractivity contribution in [3.63, 3.8) is 0 Å². The van der Waals surface area contributed by atoms with Crippen molar-refractivity contribution in [2.75, 3.05) is 0 Å². The minimum absolute atomic E-state index is 0.300. The predicted octanol–water partition coefficient (Wildman–Crippen LogP) is 1.35. The maximum absolute atomic E-state index is 11.9. The molecule has 2 atom stereocenters. The van der Waals surface area contributed by atoms with E-state index in [0.29, 0.717) is 6.32 Å². The number of allylic oxidation sites excluding steroid dienone is 1. The van der Waals surface area contributed by atoms with Crippen LogP contribution >= 0.6 is 0 Å². The van der Waals surface area contributed by atoms with Crippen LogP contribution in [-0.2, 0) is 28.4 Å². The number of hydrogen-bond acceptors (Lipinski definition) is 6. The summed E-state index contributed by atoms with van der Waals surface area (Å²) in [6, 6.07) is 0. The normalized spacial score (nSPS) is 22.2. The van der Waals surface area contributed by atoms with Gasteiger partial charge < -0.3 is 18.8 Å². The molecule has 6 nitrogen and oxygen atoms in total. The zero-order valence-electron chi connectivity index (χ0n) is 12.3. The molecule has 7 heteroatoms. The summed E-state index contributed by atoms with van der Waals surface area (Å²) in [5.41, 5.74) is 0. The molecule has 1 rings (SSSR count). The third-order valence-electron chi connectivity index (χ3n) is 2.40. The zero-order chi connectivity index (χ0) is 15.3. The van der Waals surface area contributed by atoms with Crippen molar-refractivity contribution in [1.82, 2.24) is 0 Å². The van der Waals surface area contributed by atoms with Gasteiger partial charge in [0.1, 0.15) is 0 Å². The Morgan fingerprint density at radius 2 is 1.50 bits per heavy atom. The molecular formula is C13H21BO6. The molecule has 0 aromatic rings. The lowest BCUT2D eigenvalue weighted by Crippen LogP contribution is -2.40. The second kappa shape index (κ2) is 7.45. The molecule has 1 aliphatic heterocycles. The number of carbonyl (C=O) groups excluding carboxylic acids is 2. The van der Waals surface area contributed by atoms with E-state index >= 15 is 0 Å². The Labute approximate surface area is 119 Å². The number of ether oxygens (including phenoxy) is 2. The highest BCUT2D eigenvalue weighted by Crippen LogP contribution is 2.22. The topological polar surface area (TPSA) is 71.1 Å². The van der Waals surface area contributed by atoms with Crippen molar-refractivity contribution in [3.05, 3.63) is 12.7 Å². The molecule has 112 valence electrons. The zero-order valence-corrected chi connectivity index (χ0v) is 12.3. The summed E-state index contributed by atoms with van der Waals surface area (Å²) in [4.78, 5) is 23.9. The molecule has 0 N–H and O–H groups in total. The molecule has 0 amide bonds. The Morgan fingerprint density at radius 3 is 1.80 bits per heavy atom. The first-order valence-electron chi connectivity index (χ1n) is 6.68. The van der Waals surface area contributed by atoms with Gasteiger partial charge in [0.05, 0.1) is 12.2 Å². The summed E-state index contributed by atoms with van der Waals surface area (Å²) in [7, 11) is -0.693. The standard InChI is InChI=1S/C13H21BO6/c1-6-7-14-19-10(12(15)17-8(2)3)11(20-14)13(16)18-9(4)5/h6,8-11H,1,7H2,2-5H3/t10-,11-/m1/s1. The average Bonchev–Trinajstić information content (AvgIpc) is 2.72. The lowest BCUT2D eigenvalue weighted by molar-refractivity contribution is -0.167. The lowest BCUT2D eigenvalue weighted by Gasteiger charge is -2.18. The number of carbonyl (C=O) groups is 2. The lowest BCUT2D eigenvalue weighted by atomic mass is 9.85. The minimum atomic E-state index is -1.10. The van der Waals surface area contributed by atoms with E-state index in [1.165, 1.54) is 0 Å². The van der Waals surface area contributed by atoms with Crippen LogP contribution in [0, 0.1) is 0 Å². The summed E-state index contributed by atoms with van der Waals surface area (Å²) in [5, 5.41) is 0. The molecule has 0 unspecified atom stereocenters. The Kier molecular flexibility index (Phi) is 6.23. The van der Waals surface area contributed by atoms with Crippen LogP contribution in [0.5, 0.6) is 0 Å². The van der Waals surface area contributed by atoms with Crippen molar-refractivity contribution in [3.8, 4) is 0 Å². The van der Waals surface area contributed by atoms with Crippen LogP contribution in [0.15, 0.2) is 12.7 Å². The Balaban J connectivity index is 2.77. The van der Waals surface area contributed by atoms with E-state index in [0.717, 1.165) is 0 Å². The van der Waals surface area contributed by atoms with Crippen molar-refractivity contribution in [1.29, 1.82) is 0 Å². The Bertz CT molecular complexity index is 338. The molecular weight excluding hydrogens is 263 g/mol. The van der Waals surface area contributed by atoms with Crippen LogP contribution < -0.4 is 0 Å². The van der Waals surface area contributed by atoms with E-state index in [1.54, 1.807) is 33.8 Å². The molecule has 1 saturated heterocycles. The van der Waals surface area contributed by atoms with Crippen LogP contribution in [0.4, 0.5) is 0 Å². The first kappa shape index (κ1) is 16.7. The molecule has 1 heterocycles. The molecule has 1 aliphatic rings. The molecule has 0 aromatic heterocycles. The van der Waals surface area contributed by atoms with Crippen molar-refractivity contribution in [2.45, 2.75) is 58.4 Å². The van der Waals surface area contributed by atoms with E-state index in [9.17, 15) is 9.59 Å². The second-order valence-corrected chi connectivity index (χ2v) is 5.04. The summed E-state index contributed by atoms with van der Waals surface area (Å²) >= 11 is 0. The van der Waals surface area contributed by atoms with E-state index in [2.05, 4.69) is 6.58 Å². The van der Waals surface area contributed by atoms with Gasteiger partial charge in [0.15, 0.2) is 12.2 Å². The minimum Gasteiger partial charge on any atom is -0.461 e. The van der Waals surface area contributed by atoms with Gasteiger partial charge >= 0.3 is 19.1 Å². The van der Waals surface area contributed by atoms with Gasteiger partial charge in [-0.3, -0.25) is 0 Å². The Hall–Kier alpha value is -1.34. The number of esters is 2. The number of rotatable bonds is 6. The smallest absolute Gasteiger partial charge is 0.461 e. The summed E-state index contributed by atoms with van der Waals surface area (Å²) in [5.74, 6) is -1.26.